The first-order chi connectivity index (χ1) is 11.1. The van der Waals surface area contributed by atoms with Crippen LogP contribution in [0.3, 0.4) is 0 Å². The lowest BCUT2D eigenvalue weighted by Gasteiger charge is -2.25. The highest BCUT2D eigenvalue weighted by molar-refractivity contribution is 7.80. The van der Waals surface area contributed by atoms with Gasteiger partial charge in [0.15, 0.2) is 0 Å². The molecular weight excluding hydrogens is 344 g/mol. The highest BCUT2D eigenvalue weighted by atomic mass is 32.3. The number of hydrogen-bond donors (Lipinski definition) is 0. The first-order valence-electron chi connectivity index (χ1n) is 6.81. The molecule has 2 aliphatic rings. The number of amides is 2. The van der Waals surface area contributed by atoms with E-state index in [1.807, 2.05) is 0 Å². The number of nitrogens with zero attached hydrogens (tertiary/aromatic N) is 4. The molecule has 24 heavy (non-hydrogen) atoms. The molecule has 0 aromatic carbocycles. The maximum Gasteiger partial charge on any atom is 0.346 e. The predicted molar refractivity (Wildman–Crippen MR) is 78.3 cm³/mol. The average molecular weight is 357 g/mol. The van der Waals surface area contributed by atoms with Gasteiger partial charge >= 0.3 is 11.7 Å². The lowest BCUT2D eigenvalue weighted by atomic mass is 9.98. The molecule has 0 aliphatic carbocycles. The third kappa shape index (κ3) is 2.53. The molecule has 0 radical (unpaired) electrons. The van der Waals surface area contributed by atoms with Crippen LogP contribution in [0.5, 0.6) is 0 Å². The van der Waals surface area contributed by atoms with E-state index in [0.29, 0.717) is 10.6 Å². The summed E-state index contributed by atoms with van der Waals surface area (Å²) in [6, 6.07) is -1.73. The van der Waals surface area contributed by atoms with Crippen molar-refractivity contribution in [3.05, 3.63) is 38.7 Å². The number of urea groups is 1. The van der Waals surface area contributed by atoms with Crippen LogP contribution in [0.15, 0.2) is 21.9 Å². The quantitative estimate of drug-likeness (QED) is 0.450. The molecule has 0 saturated carbocycles. The molecule has 3 rings (SSSR count). The van der Waals surface area contributed by atoms with E-state index >= 15 is 0 Å². The molecule has 2 aliphatic heterocycles. The van der Waals surface area contributed by atoms with Crippen LogP contribution >= 0.6 is 0 Å². The summed E-state index contributed by atoms with van der Waals surface area (Å²) in [4.78, 5) is 37.5. The second-order valence-electron chi connectivity index (χ2n) is 5.47. The van der Waals surface area contributed by atoms with Crippen LogP contribution in [0.2, 0.25) is 0 Å². The summed E-state index contributed by atoms with van der Waals surface area (Å²) < 4.78 is 38.9. The van der Waals surface area contributed by atoms with Gasteiger partial charge in [0.2, 0.25) is 10.4 Å². The van der Waals surface area contributed by atoms with Crippen molar-refractivity contribution in [2.24, 2.45) is 14.1 Å². The van der Waals surface area contributed by atoms with Crippen LogP contribution in [-0.2, 0) is 28.8 Å². The van der Waals surface area contributed by atoms with Gasteiger partial charge in [-0.05, 0) is 5.57 Å². The van der Waals surface area contributed by atoms with Gasteiger partial charge in [0, 0.05) is 26.8 Å². The maximum atomic E-state index is 12.4. The smallest absolute Gasteiger partial charge is 0.346 e. The van der Waals surface area contributed by atoms with Gasteiger partial charge < -0.3 is 14.0 Å². The van der Waals surface area contributed by atoms with Gasteiger partial charge in [0.1, 0.15) is 6.04 Å². The molecule has 1 aromatic rings. The highest BCUT2D eigenvalue weighted by Crippen LogP contribution is 2.31. The molecule has 11 nitrogen and oxygen atoms in total. The third-order valence-corrected chi connectivity index (χ3v) is 4.30. The van der Waals surface area contributed by atoms with E-state index in [2.05, 4.69) is 4.28 Å². The average Bonchev–Trinajstić information content (AvgIpc) is 2.73. The van der Waals surface area contributed by atoms with Crippen LogP contribution in [0, 0.1) is 0 Å². The van der Waals surface area contributed by atoms with E-state index in [-0.39, 0.29) is 18.7 Å². The third-order valence-electron chi connectivity index (χ3n) is 3.96. The Morgan fingerprint density at radius 1 is 1.25 bits per heavy atom. The van der Waals surface area contributed by atoms with Crippen molar-refractivity contribution in [2.75, 3.05) is 13.1 Å². The Morgan fingerprint density at radius 2 is 1.92 bits per heavy atom. The van der Waals surface area contributed by atoms with E-state index in [1.54, 1.807) is 6.08 Å². The van der Waals surface area contributed by atoms with E-state index in [1.165, 1.54) is 29.8 Å². The molecule has 12 heteroatoms. The Morgan fingerprint density at radius 3 is 2.54 bits per heavy atom. The summed E-state index contributed by atoms with van der Waals surface area (Å²) in [5.74, 6) is 0. The zero-order chi connectivity index (χ0) is 17.8. The topological polar surface area (TPSA) is 134 Å². The molecule has 1 fully saturated rings. The minimum atomic E-state index is -5.16. The fraction of sp³-hybridized carbons (Fsp3) is 0.417. The first kappa shape index (κ1) is 16.4. The minimum absolute atomic E-state index is 0.0617. The number of hydroxylamine groups is 2. The molecule has 130 valence electrons. The van der Waals surface area contributed by atoms with Crippen molar-refractivity contribution in [3.8, 4) is 0 Å². The second kappa shape index (κ2) is 5.29. The van der Waals surface area contributed by atoms with Gasteiger partial charge in [-0.3, -0.25) is 9.36 Å². The van der Waals surface area contributed by atoms with Crippen molar-refractivity contribution < 1.29 is 22.0 Å². The fourth-order valence-corrected chi connectivity index (χ4v) is 3.20. The summed E-state index contributed by atoms with van der Waals surface area (Å²) in [6.45, 7) is 0.182. The van der Waals surface area contributed by atoms with Crippen LogP contribution < -0.4 is 11.2 Å². The van der Waals surface area contributed by atoms with Crippen molar-refractivity contribution in [1.29, 1.82) is 0 Å². The normalized spacial score (nSPS) is 20.5. The van der Waals surface area contributed by atoms with Crippen LogP contribution in [0.4, 0.5) is 4.79 Å². The van der Waals surface area contributed by atoms with Crippen molar-refractivity contribution >= 4 is 22.0 Å². The van der Waals surface area contributed by atoms with Gasteiger partial charge in [0.25, 0.3) is 5.56 Å². The van der Waals surface area contributed by atoms with Gasteiger partial charge in [0.05, 0.1) is 12.1 Å². The molecule has 2 amide bonds. The summed E-state index contributed by atoms with van der Waals surface area (Å²) in [5, 5.41) is 0.450. The monoisotopic (exact) mass is 357 g/mol. The predicted octanol–water partition coefficient (Wildman–Crippen LogP) is -2.02. The molecule has 0 N–H and O–H groups in total. The zero-order valence-electron chi connectivity index (χ0n) is 12.7. The van der Waals surface area contributed by atoms with Crippen molar-refractivity contribution in [2.45, 2.75) is 6.04 Å². The molecule has 0 spiro atoms. The van der Waals surface area contributed by atoms with Gasteiger partial charge in [-0.25, -0.2) is 18.0 Å². The maximum absolute atomic E-state index is 12.4. The number of rotatable bonds is 3. The SMILES string of the molecule is Cn1cc(C2=CCN3CC2N(OS(=O)(=O)[O-])C3=O)c(=O)n(C)c1=O. The molecule has 1 unspecified atom stereocenters. The van der Waals surface area contributed by atoms with Crippen LogP contribution in [0.25, 0.3) is 5.57 Å². The van der Waals surface area contributed by atoms with E-state index in [0.717, 1.165) is 4.57 Å². The summed E-state index contributed by atoms with van der Waals surface area (Å²) in [6.07, 6.45) is 2.87. The fourth-order valence-electron chi connectivity index (χ4n) is 2.83. The largest absolute Gasteiger partial charge is 0.724 e. The number of carbonyl (C=O) groups is 1. The van der Waals surface area contributed by atoms with Crippen molar-refractivity contribution in [1.82, 2.24) is 19.1 Å². The van der Waals surface area contributed by atoms with Gasteiger partial charge in [-0.2, -0.15) is 9.35 Å². The Kier molecular flexibility index (Phi) is 3.62. The van der Waals surface area contributed by atoms with E-state index in [4.69, 9.17) is 0 Å². The Bertz CT molecular complexity index is 974. The number of aryl methyl sites for hydroxylation is 1. The lowest BCUT2D eigenvalue weighted by molar-refractivity contribution is -0.0172. The Labute approximate surface area is 135 Å². The van der Waals surface area contributed by atoms with Crippen molar-refractivity contribution in [3.63, 3.8) is 0 Å². The molecule has 3 heterocycles. The molecular formula is C12H13N4O7S-. The van der Waals surface area contributed by atoms with Crippen LogP contribution in [0.1, 0.15) is 5.56 Å². The minimum Gasteiger partial charge on any atom is -0.724 e. The van der Waals surface area contributed by atoms with Gasteiger partial charge in [-0.15, -0.1) is 0 Å². The number of carbonyl (C=O) groups excluding carboxylic acids is 1. The highest BCUT2D eigenvalue weighted by Gasteiger charge is 2.45. The molecule has 1 saturated heterocycles. The van der Waals surface area contributed by atoms with Crippen LogP contribution in [-0.4, -0.2) is 57.2 Å². The summed E-state index contributed by atoms with van der Waals surface area (Å²) >= 11 is 0. The standard InChI is InChI=1S/C12H14N4O7S/c1-13-5-8(10(17)14(2)11(13)18)7-3-4-15-6-9(7)16(12(15)19)23-24(20,21)22/h3,5,9H,4,6H2,1-2H3,(H,20,21,22)/p-1. The number of hydrogen-bond acceptors (Lipinski definition) is 7. The van der Waals surface area contributed by atoms with Gasteiger partial charge in [-0.1, -0.05) is 6.08 Å². The summed E-state index contributed by atoms with van der Waals surface area (Å²) in [7, 11) is -2.39. The second-order valence-corrected chi connectivity index (χ2v) is 6.44. The Hall–Kier alpha value is -2.44. The number of aromatic nitrogens is 2. The summed E-state index contributed by atoms with van der Waals surface area (Å²) in [5.41, 5.74) is -0.686. The molecule has 1 aromatic heterocycles. The zero-order valence-corrected chi connectivity index (χ0v) is 13.5. The lowest BCUT2D eigenvalue weighted by Crippen LogP contribution is -2.41. The Balaban J connectivity index is 2.11. The first-order valence-corrected chi connectivity index (χ1v) is 8.14. The molecule has 2 bridgehead atoms. The van der Waals surface area contributed by atoms with E-state index in [9.17, 15) is 27.4 Å². The molecule has 1 atom stereocenters. The number of fused-ring (bicyclic) bond motifs is 2. The van der Waals surface area contributed by atoms with E-state index < -0.39 is 33.7 Å².